The Bertz CT molecular complexity index is 1260. The molecular formula is C23H24N6O6S. The number of carbonyl (C=O) groups excluding carboxylic acids is 2. The van der Waals surface area contributed by atoms with Crippen LogP contribution in [0.2, 0.25) is 0 Å². The number of rotatable bonds is 12. The van der Waals surface area contributed by atoms with Gasteiger partial charge in [0, 0.05) is 29.9 Å². The topological polar surface area (TPSA) is 151 Å². The molecule has 0 bridgehead atoms. The summed E-state index contributed by atoms with van der Waals surface area (Å²) in [6.45, 7) is 4.22. The highest BCUT2D eigenvalue weighted by Gasteiger charge is 2.16. The van der Waals surface area contributed by atoms with Gasteiger partial charge in [-0.3, -0.25) is 19.7 Å². The molecule has 12 nitrogen and oxygen atoms in total. The lowest BCUT2D eigenvalue weighted by Gasteiger charge is -2.11. The van der Waals surface area contributed by atoms with Crippen molar-refractivity contribution in [3.8, 4) is 11.5 Å². The molecule has 0 saturated heterocycles. The molecule has 1 aromatic heterocycles. The molecule has 1 heterocycles. The molecule has 0 spiro atoms. The first-order valence-corrected chi connectivity index (χ1v) is 11.5. The Morgan fingerprint density at radius 3 is 2.50 bits per heavy atom. The van der Waals surface area contributed by atoms with E-state index in [4.69, 9.17) is 9.47 Å². The molecule has 0 aliphatic rings. The molecule has 36 heavy (non-hydrogen) atoms. The van der Waals surface area contributed by atoms with Gasteiger partial charge in [0.1, 0.15) is 0 Å². The predicted octanol–water partition coefficient (Wildman–Crippen LogP) is 3.05. The maximum atomic E-state index is 12.6. The second kappa shape index (κ2) is 12.4. The number of nitro groups is 1. The molecule has 3 rings (SSSR count). The van der Waals surface area contributed by atoms with E-state index in [1.165, 1.54) is 38.5 Å². The van der Waals surface area contributed by atoms with E-state index < -0.39 is 4.92 Å². The number of methoxy groups -OCH3 is 2. The number of amides is 2. The number of benzene rings is 2. The van der Waals surface area contributed by atoms with Crippen LogP contribution in [0.15, 0.2) is 60.3 Å². The standard InChI is InChI=1S/C23H24N6O6S/c1-4-11-28-20(13-24-22(31)15-5-10-18(34-2)19(12-15)35-3)26-27-23(28)36-14-21(30)25-16-6-8-17(9-7-16)29(32)33/h4-10,12H,1,11,13-14H2,2-3H3,(H,24,31)(H,25,30). The zero-order valence-corrected chi connectivity index (χ0v) is 20.4. The number of ether oxygens (including phenoxy) is 2. The first-order valence-electron chi connectivity index (χ1n) is 10.6. The second-order valence-corrected chi connectivity index (χ2v) is 8.13. The van der Waals surface area contributed by atoms with Crippen LogP contribution >= 0.6 is 11.8 Å². The first kappa shape index (κ1) is 26.2. The molecule has 0 saturated carbocycles. The number of nitro benzene ring substituents is 1. The van der Waals surface area contributed by atoms with E-state index in [1.54, 1.807) is 28.8 Å². The minimum Gasteiger partial charge on any atom is -0.493 e. The predicted molar refractivity (Wildman–Crippen MR) is 133 cm³/mol. The van der Waals surface area contributed by atoms with E-state index in [1.807, 2.05) is 0 Å². The Hall–Kier alpha value is -4.39. The molecule has 0 atom stereocenters. The number of anilines is 1. The minimum absolute atomic E-state index is 0.0320. The summed E-state index contributed by atoms with van der Waals surface area (Å²) >= 11 is 1.16. The van der Waals surface area contributed by atoms with Crippen LogP contribution < -0.4 is 20.1 Å². The van der Waals surface area contributed by atoms with Gasteiger partial charge in [-0.15, -0.1) is 16.8 Å². The molecule has 0 radical (unpaired) electrons. The fourth-order valence-corrected chi connectivity index (χ4v) is 3.87. The average Bonchev–Trinajstić information content (AvgIpc) is 3.27. The van der Waals surface area contributed by atoms with Gasteiger partial charge in [0.25, 0.3) is 11.6 Å². The van der Waals surface area contributed by atoms with Crippen molar-refractivity contribution in [3.05, 3.63) is 76.6 Å². The van der Waals surface area contributed by atoms with Gasteiger partial charge in [-0.2, -0.15) is 0 Å². The smallest absolute Gasteiger partial charge is 0.269 e. The van der Waals surface area contributed by atoms with Crippen LogP contribution in [0.1, 0.15) is 16.2 Å². The van der Waals surface area contributed by atoms with Crippen molar-refractivity contribution in [2.24, 2.45) is 0 Å². The number of non-ortho nitro benzene ring substituents is 1. The van der Waals surface area contributed by atoms with Crippen molar-refractivity contribution in [3.63, 3.8) is 0 Å². The summed E-state index contributed by atoms with van der Waals surface area (Å²) in [5.74, 6) is 0.822. The Morgan fingerprint density at radius 1 is 1.14 bits per heavy atom. The van der Waals surface area contributed by atoms with E-state index in [9.17, 15) is 19.7 Å². The molecule has 188 valence electrons. The highest BCUT2D eigenvalue weighted by molar-refractivity contribution is 7.99. The summed E-state index contributed by atoms with van der Waals surface area (Å²) in [6.07, 6.45) is 1.66. The van der Waals surface area contributed by atoms with Crippen LogP contribution in [0.25, 0.3) is 0 Å². The van der Waals surface area contributed by atoms with E-state index in [-0.39, 0.29) is 29.8 Å². The van der Waals surface area contributed by atoms with Crippen LogP contribution in [-0.4, -0.2) is 51.5 Å². The van der Waals surface area contributed by atoms with Gasteiger partial charge < -0.3 is 24.7 Å². The number of hydrogen-bond donors (Lipinski definition) is 2. The quantitative estimate of drug-likeness (QED) is 0.161. The van der Waals surface area contributed by atoms with E-state index in [2.05, 4.69) is 27.4 Å². The average molecular weight is 513 g/mol. The molecule has 2 N–H and O–H groups in total. The van der Waals surface area contributed by atoms with Crippen molar-refractivity contribution >= 4 is 35.0 Å². The third kappa shape index (κ3) is 6.60. The van der Waals surface area contributed by atoms with Gasteiger partial charge in [0.2, 0.25) is 5.91 Å². The van der Waals surface area contributed by atoms with E-state index in [0.717, 1.165) is 11.8 Å². The fraction of sp³-hybridized carbons (Fsp3) is 0.217. The third-order valence-electron chi connectivity index (χ3n) is 4.85. The maximum absolute atomic E-state index is 12.6. The third-order valence-corrected chi connectivity index (χ3v) is 5.82. The fourth-order valence-electron chi connectivity index (χ4n) is 3.10. The molecule has 0 aliphatic heterocycles. The van der Waals surface area contributed by atoms with Gasteiger partial charge >= 0.3 is 0 Å². The van der Waals surface area contributed by atoms with Crippen molar-refractivity contribution in [2.45, 2.75) is 18.2 Å². The summed E-state index contributed by atoms with van der Waals surface area (Å²) in [5.41, 5.74) is 0.767. The lowest BCUT2D eigenvalue weighted by molar-refractivity contribution is -0.384. The van der Waals surface area contributed by atoms with Crippen molar-refractivity contribution < 1.29 is 24.0 Å². The number of aromatic nitrogens is 3. The minimum atomic E-state index is -0.512. The number of nitrogens with one attached hydrogen (secondary N) is 2. The summed E-state index contributed by atoms with van der Waals surface area (Å²) in [6, 6.07) is 10.4. The summed E-state index contributed by atoms with van der Waals surface area (Å²) < 4.78 is 12.2. The van der Waals surface area contributed by atoms with Gasteiger partial charge in [-0.25, -0.2) is 0 Å². The van der Waals surface area contributed by atoms with Crippen molar-refractivity contribution in [1.29, 1.82) is 0 Å². The highest BCUT2D eigenvalue weighted by Crippen LogP contribution is 2.27. The molecule has 0 aliphatic carbocycles. The Balaban J connectivity index is 1.60. The van der Waals surface area contributed by atoms with Gasteiger partial charge in [-0.1, -0.05) is 17.8 Å². The van der Waals surface area contributed by atoms with Gasteiger partial charge in [-0.05, 0) is 30.3 Å². The molecule has 0 unspecified atom stereocenters. The molecule has 0 fully saturated rings. The number of allylic oxidation sites excluding steroid dienone is 1. The number of thioether (sulfide) groups is 1. The lowest BCUT2D eigenvalue weighted by Crippen LogP contribution is -2.25. The Morgan fingerprint density at radius 2 is 1.86 bits per heavy atom. The Labute approximate surface area is 210 Å². The monoisotopic (exact) mass is 512 g/mol. The summed E-state index contributed by atoms with van der Waals surface area (Å²) in [5, 5.41) is 25.0. The number of hydrogen-bond acceptors (Lipinski definition) is 9. The SMILES string of the molecule is C=CCn1c(CNC(=O)c2ccc(OC)c(OC)c2)nnc1SCC(=O)Nc1ccc([N+](=O)[O-])cc1. The molecule has 2 amide bonds. The van der Waals surface area contributed by atoms with Gasteiger partial charge in [0.15, 0.2) is 22.5 Å². The molecular weight excluding hydrogens is 488 g/mol. The largest absolute Gasteiger partial charge is 0.493 e. The summed E-state index contributed by atoms with van der Waals surface area (Å²) in [7, 11) is 3.00. The zero-order chi connectivity index (χ0) is 26.1. The maximum Gasteiger partial charge on any atom is 0.269 e. The Kier molecular flexibility index (Phi) is 9.00. The van der Waals surface area contributed by atoms with Crippen LogP contribution in [0, 0.1) is 10.1 Å². The summed E-state index contributed by atoms with van der Waals surface area (Å²) in [4.78, 5) is 35.2. The second-order valence-electron chi connectivity index (χ2n) is 7.19. The zero-order valence-electron chi connectivity index (χ0n) is 19.6. The van der Waals surface area contributed by atoms with Crippen LogP contribution in [-0.2, 0) is 17.9 Å². The molecule has 3 aromatic rings. The number of nitrogens with zero attached hydrogens (tertiary/aromatic N) is 4. The highest BCUT2D eigenvalue weighted by atomic mass is 32.2. The van der Waals surface area contributed by atoms with Crippen LogP contribution in [0.5, 0.6) is 11.5 Å². The lowest BCUT2D eigenvalue weighted by atomic mass is 10.2. The van der Waals surface area contributed by atoms with Gasteiger partial charge in [0.05, 0.1) is 31.4 Å². The normalized spacial score (nSPS) is 10.4. The van der Waals surface area contributed by atoms with E-state index in [0.29, 0.717) is 40.3 Å². The van der Waals surface area contributed by atoms with Crippen LogP contribution in [0.4, 0.5) is 11.4 Å². The van der Waals surface area contributed by atoms with Crippen LogP contribution in [0.3, 0.4) is 0 Å². The molecule has 13 heteroatoms. The van der Waals surface area contributed by atoms with E-state index >= 15 is 0 Å². The number of carbonyl (C=O) groups is 2. The first-order chi connectivity index (χ1) is 17.4. The van der Waals surface area contributed by atoms with Crippen molar-refractivity contribution in [1.82, 2.24) is 20.1 Å². The molecule has 2 aromatic carbocycles. The van der Waals surface area contributed by atoms with Crippen molar-refractivity contribution in [2.75, 3.05) is 25.3 Å².